The highest BCUT2D eigenvalue weighted by Gasteiger charge is 2.41. The molecule has 3 rings (SSSR count). The predicted octanol–water partition coefficient (Wildman–Crippen LogP) is 1.71. The van der Waals surface area contributed by atoms with Gasteiger partial charge in [0.15, 0.2) is 0 Å². The highest BCUT2D eigenvalue weighted by Crippen LogP contribution is 2.37. The van der Waals surface area contributed by atoms with Gasteiger partial charge in [-0.2, -0.15) is 0 Å². The fraction of sp³-hybridized carbons (Fsp3) is 0.429. The van der Waals surface area contributed by atoms with Crippen molar-refractivity contribution in [2.45, 2.75) is 17.5 Å². The predicted molar refractivity (Wildman–Crippen MR) is 86.3 cm³/mol. The molecule has 2 unspecified atom stereocenters. The van der Waals surface area contributed by atoms with Crippen molar-refractivity contribution in [3.63, 3.8) is 0 Å². The molecule has 0 radical (unpaired) electrons. The SMILES string of the molecule is CN1C(C(=O)O)CSC1[C@@H]1CSC(c2ccccc2O)=N1. The van der Waals surface area contributed by atoms with Crippen LogP contribution in [0.5, 0.6) is 5.75 Å². The number of aliphatic carboxylic acids is 1. The summed E-state index contributed by atoms with van der Waals surface area (Å²) in [6, 6.07) is 6.80. The Labute approximate surface area is 131 Å². The monoisotopic (exact) mass is 324 g/mol. The number of hydrogen-bond donors (Lipinski definition) is 2. The van der Waals surface area contributed by atoms with Crippen molar-refractivity contribution in [1.29, 1.82) is 0 Å². The summed E-state index contributed by atoms with van der Waals surface area (Å²) in [7, 11) is 1.85. The molecule has 1 fully saturated rings. The number of likely N-dealkylation sites (N-methyl/N-ethyl adjacent to an activating group) is 1. The lowest BCUT2D eigenvalue weighted by Gasteiger charge is -2.24. The molecule has 1 aromatic rings. The van der Waals surface area contributed by atoms with Crippen LogP contribution in [-0.4, -0.2) is 62.1 Å². The lowest BCUT2D eigenvalue weighted by Crippen LogP contribution is -2.42. The number of phenolic OH excluding ortho intramolecular Hbond substituents is 1. The smallest absolute Gasteiger partial charge is 0.321 e. The summed E-state index contributed by atoms with van der Waals surface area (Å²) in [6.07, 6.45) is 0. The lowest BCUT2D eigenvalue weighted by molar-refractivity contribution is -0.141. The molecule has 1 aromatic carbocycles. The molecule has 2 heterocycles. The second kappa shape index (κ2) is 5.90. The van der Waals surface area contributed by atoms with Gasteiger partial charge in [0.1, 0.15) is 16.8 Å². The van der Waals surface area contributed by atoms with Crippen molar-refractivity contribution >= 4 is 34.5 Å². The maximum atomic E-state index is 11.2. The van der Waals surface area contributed by atoms with Crippen LogP contribution in [0.2, 0.25) is 0 Å². The van der Waals surface area contributed by atoms with Gasteiger partial charge < -0.3 is 10.2 Å². The third-order valence-electron chi connectivity index (χ3n) is 3.74. The van der Waals surface area contributed by atoms with E-state index in [4.69, 9.17) is 4.99 Å². The van der Waals surface area contributed by atoms with E-state index in [1.807, 2.05) is 24.1 Å². The topological polar surface area (TPSA) is 73.1 Å². The zero-order valence-corrected chi connectivity index (χ0v) is 13.1. The van der Waals surface area contributed by atoms with Gasteiger partial charge in [0.25, 0.3) is 0 Å². The minimum atomic E-state index is -0.775. The van der Waals surface area contributed by atoms with E-state index < -0.39 is 12.0 Å². The maximum Gasteiger partial charge on any atom is 0.321 e. The molecule has 1 saturated heterocycles. The third kappa shape index (κ3) is 2.77. The number of aliphatic imine (C=N–C) groups is 1. The average Bonchev–Trinajstić information content (AvgIpc) is 3.05. The van der Waals surface area contributed by atoms with Gasteiger partial charge in [-0.3, -0.25) is 14.7 Å². The summed E-state index contributed by atoms with van der Waals surface area (Å²) < 4.78 is 0. The minimum Gasteiger partial charge on any atom is -0.507 e. The zero-order chi connectivity index (χ0) is 15.0. The molecule has 0 amide bonds. The number of aromatic hydroxyl groups is 1. The minimum absolute atomic E-state index is 0.0592. The molecule has 0 aromatic heterocycles. The molecule has 2 N–H and O–H groups in total. The molecule has 21 heavy (non-hydrogen) atoms. The van der Waals surface area contributed by atoms with E-state index >= 15 is 0 Å². The van der Waals surface area contributed by atoms with Crippen LogP contribution < -0.4 is 0 Å². The van der Waals surface area contributed by atoms with Crippen LogP contribution in [0.4, 0.5) is 0 Å². The highest BCUT2D eigenvalue weighted by atomic mass is 32.2. The number of phenols is 1. The van der Waals surface area contributed by atoms with Gasteiger partial charge in [-0.05, 0) is 19.2 Å². The van der Waals surface area contributed by atoms with Gasteiger partial charge in [-0.15, -0.1) is 23.5 Å². The summed E-state index contributed by atoms with van der Waals surface area (Å²) in [4.78, 5) is 17.8. The van der Waals surface area contributed by atoms with Gasteiger partial charge in [0, 0.05) is 17.1 Å². The first kappa shape index (κ1) is 14.7. The summed E-state index contributed by atoms with van der Waals surface area (Å²) in [5, 5.41) is 20.0. The van der Waals surface area contributed by atoms with Crippen LogP contribution in [0.25, 0.3) is 0 Å². The Morgan fingerprint density at radius 1 is 1.38 bits per heavy atom. The molecule has 0 bridgehead atoms. The molecule has 2 aliphatic rings. The molecular formula is C14H16N2O3S2. The summed E-state index contributed by atoms with van der Waals surface area (Å²) in [6.45, 7) is 0. The average molecular weight is 324 g/mol. The Bertz CT molecular complexity index is 593. The van der Waals surface area contributed by atoms with Crippen molar-refractivity contribution < 1.29 is 15.0 Å². The number of hydrogen-bond acceptors (Lipinski definition) is 6. The summed E-state index contributed by atoms with van der Waals surface area (Å²) in [5.74, 6) is 0.875. The number of para-hydroxylation sites is 1. The van der Waals surface area contributed by atoms with E-state index in [1.54, 1.807) is 35.7 Å². The van der Waals surface area contributed by atoms with E-state index in [1.165, 1.54) is 0 Å². The van der Waals surface area contributed by atoms with Crippen molar-refractivity contribution in [3.05, 3.63) is 29.8 Å². The van der Waals surface area contributed by atoms with Crippen LogP contribution in [0.1, 0.15) is 5.56 Å². The van der Waals surface area contributed by atoms with Crippen LogP contribution in [-0.2, 0) is 4.79 Å². The number of thioether (sulfide) groups is 2. The number of nitrogens with zero attached hydrogens (tertiary/aromatic N) is 2. The zero-order valence-electron chi connectivity index (χ0n) is 11.5. The number of rotatable bonds is 3. The summed E-state index contributed by atoms with van der Waals surface area (Å²) >= 11 is 3.27. The Morgan fingerprint density at radius 2 is 2.14 bits per heavy atom. The van der Waals surface area contributed by atoms with E-state index in [2.05, 4.69) is 0 Å². The molecule has 7 heteroatoms. The van der Waals surface area contributed by atoms with Gasteiger partial charge in [-0.1, -0.05) is 12.1 Å². The Morgan fingerprint density at radius 3 is 2.81 bits per heavy atom. The van der Waals surface area contributed by atoms with Crippen molar-refractivity contribution in [1.82, 2.24) is 4.90 Å². The Kier molecular flexibility index (Phi) is 4.14. The lowest BCUT2D eigenvalue weighted by atomic mass is 10.2. The van der Waals surface area contributed by atoms with Crippen LogP contribution in [0, 0.1) is 0 Å². The van der Waals surface area contributed by atoms with E-state index in [-0.39, 0.29) is 17.2 Å². The first-order valence-corrected chi connectivity index (χ1v) is 8.66. The first-order chi connectivity index (χ1) is 10.1. The van der Waals surface area contributed by atoms with E-state index in [0.29, 0.717) is 5.75 Å². The molecule has 0 aliphatic carbocycles. The highest BCUT2D eigenvalue weighted by molar-refractivity contribution is 8.14. The van der Waals surface area contributed by atoms with Gasteiger partial charge in [0.05, 0.1) is 11.4 Å². The quantitative estimate of drug-likeness (QED) is 0.882. The maximum absolute atomic E-state index is 11.2. The Hall–Kier alpha value is -1.18. The normalized spacial score (nSPS) is 29.6. The van der Waals surface area contributed by atoms with Gasteiger partial charge in [-0.25, -0.2) is 0 Å². The second-order valence-electron chi connectivity index (χ2n) is 5.07. The van der Waals surface area contributed by atoms with Crippen LogP contribution >= 0.6 is 23.5 Å². The third-order valence-corrected chi connectivity index (χ3v) is 6.34. The molecule has 2 aliphatic heterocycles. The number of carboxylic acids is 1. The molecule has 112 valence electrons. The second-order valence-corrected chi connectivity index (χ2v) is 7.23. The largest absolute Gasteiger partial charge is 0.507 e. The number of benzene rings is 1. The fourth-order valence-electron chi connectivity index (χ4n) is 2.57. The van der Waals surface area contributed by atoms with E-state index in [0.717, 1.165) is 16.4 Å². The van der Waals surface area contributed by atoms with Crippen LogP contribution in [0.3, 0.4) is 0 Å². The van der Waals surface area contributed by atoms with E-state index in [9.17, 15) is 15.0 Å². The molecule has 3 atom stereocenters. The first-order valence-electron chi connectivity index (χ1n) is 6.63. The number of carboxylic acid groups (broad SMARTS) is 1. The Balaban J connectivity index is 1.78. The van der Waals surface area contributed by atoms with Gasteiger partial charge in [0.2, 0.25) is 0 Å². The fourth-order valence-corrected chi connectivity index (χ4v) is 5.33. The standard InChI is InChI=1S/C14H16N2O3S2/c1-16-10(14(18)19)7-21-13(16)9-6-20-12(15-9)8-4-2-3-5-11(8)17/h2-5,9-10,13,17H,6-7H2,1H3,(H,18,19)/t9-,10?,13?/m0/s1. The van der Waals surface area contributed by atoms with Gasteiger partial charge >= 0.3 is 5.97 Å². The van der Waals surface area contributed by atoms with Crippen LogP contribution in [0.15, 0.2) is 29.3 Å². The molecule has 5 nitrogen and oxygen atoms in total. The van der Waals surface area contributed by atoms with Crippen molar-refractivity contribution in [3.8, 4) is 5.75 Å². The molecule has 0 saturated carbocycles. The molecule has 0 spiro atoms. The van der Waals surface area contributed by atoms with Crippen molar-refractivity contribution in [2.24, 2.45) is 4.99 Å². The number of carbonyl (C=O) groups is 1. The summed E-state index contributed by atoms with van der Waals surface area (Å²) in [5.41, 5.74) is 0.755. The molecular weight excluding hydrogens is 308 g/mol. The van der Waals surface area contributed by atoms with Crippen molar-refractivity contribution in [2.75, 3.05) is 18.6 Å².